The number of rotatable bonds is 2. The highest BCUT2D eigenvalue weighted by atomic mass is 79.9. The molecule has 76 valence electrons. The molecule has 0 spiro atoms. The van der Waals surface area contributed by atoms with Crippen LogP contribution in [0.15, 0.2) is 15.3 Å². The summed E-state index contributed by atoms with van der Waals surface area (Å²) in [5.41, 5.74) is -2.29. The number of aromatic amines is 1. The Bertz CT molecular complexity index is 429. The second kappa shape index (κ2) is 3.87. The van der Waals surface area contributed by atoms with Gasteiger partial charge in [-0.05, 0) is 22.0 Å². The Morgan fingerprint density at radius 2 is 2.14 bits per heavy atom. The molecule has 0 saturated carbocycles. The zero-order valence-corrected chi connectivity index (χ0v) is 8.14. The first kappa shape index (κ1) is 10.8. The maximum atomic E-state index is 12.3. The van der Waals surface area contributed by atoms with E-state index < -0.39 is 29.2 Å². The Kier molecular flexibility index (Phi) is 3.00. The summed E-state index contributed by atoms with van der Waals surface area (Å²) in [4.78, 5) is 23.2. The summed E-state index contributed by atoms with van der Waals surface area (Å²) < 4.78 is 24.4. The number of halogens is 3. The lowest BCUT2D eigenvalue weighted by Crippen LogP contribution is -2.15. The minimum Gasteiger partial charge on any atom is -0.478 e. The van der Waals surface area contributed by atoms with Gasteiger partial charge < -0.3 is 10.1 Å². The maximum absolute atomic E-state index is 12.3. The van der Waals surface area contributed by atoms with Gasteiger partial charge in [0.25, 0.3) is 12.0 Å². The topological polar surface area (TPSA) is 70.2 Å². The number of H-pyrrole nitrogens is 1. The smallest absolute Gasteiger partial charge is 0.337 e. The van der Waals surface area contributed by atoms with Crippen molar-refractivity contribution in [2.45, 2.75) is 6.43 Å². The van der Waals surface area contributed by atoms with Crippen LogP contribution in [0.5, 0.6) is 0 Å². The van der Waals surface area contributed by atoms with E-state index in [1.807, 2.05) is 0 Å². The first-order valence-electron chi connectivity index (χ1n) is 3.37. The van der Waals surface area contributed by atoms with E-state index >= 15 is 0 Å². The van der Waals surface area contributed by atoms with Crippen LogP contribution in [-0.4, -0.2) is 16.1 Å². The van der Waals surface area contributed by atoms with Gasteiger partial charge in [0, 0.05) is 0 Å². The monoisotopic (exact) mass is 267 g/mol. The molecular formula is C7H4BrF2NO3. The summed E-state index contributed by atoms with van der Waals surface area (Å²) in [5.74, 6) is -1.52. The molecule has 2 N–H and O–H groups in total. The molecule has 0 aliphatic heterocycles. The molecule has 1 aromatic rings. The normalized spacial score (nSPS) is 10.6. The highest BCUT2D eigenvalue weighted by Crippen LogP contribution is 2.21. The van der Waals surface area contributed by atoms with Gasteiger partial charge in [0.1, 0.15) is 0 Å². The molecule has 0 atom stereocenters. The van der Waals surface area contributed by atoms with Crippen LogP contribution in [0, 0.1) is 0 Å². The molecule has 0 saturated heterocycles. The highest BCUT2D eigenvalue weighted by Gasteiger charge is 2.20. The van der Waals surface area contributed by atoms with Crippen molar-refractivity contribution in [1.82, 2.24) is 4.98 Å². The molecule has 1 rings (SSSR count). The average molecular weight is 268 g/mol. The third-order valence-electron chi connectivity index (χ3n) is 1.47. The lowest BCUT2D eigenvalue weighted by Gasteiger charge is -2.04. The molecule has 0 unspecified atom stereocenters. The maximum Gasteiger partial charge on any atom is 0.337 e. The molecule has 1 heterocycles. The van der Waals surface area contributed by atoms with E-state index in [0.717, 1.165) is 6.07 Å². The van der Waals surface area contributed by atoms with E-state index in [1.54, 1.807) is 4.98 Å². The van der Waals surface area contributed by atoms with E-state index in [-0.39, 0.29) is 4.47 Å². The molecule has 0 radical (unpaired) electrons. The quantitative estimate of drug-likeness (QED) is 0.858. The van der Waals surface area contributed by atoms with Crippen molar-refractivity contribution in [3.63, 3.8) is 0 Å². The van der Waals surface area contributed by atoms with E-state index in [0.29, 0.717) is 0 Å². The van der Waals surface area contributed by atoms with Gasteiger partial charge in [-0.3, -0.25) is 4.79 Å². The van der Waals surface area contributed by atoms with Crippen molar-refractivity contribution in [2.75, 3.05) is 0 Å². The number of nitrogens with one attached hydrogen (secondary N) is 1. The van der Waals surface area contributed by atoms with Gasteiger partial charge in [-0.15, -0.1) is 0 Å². The number of carboxylic acid groups (broad SMARTS) is 1. The molecule has 0 aromatic carbocycles. The number of hydrogen-bond donors (Lipinski definition) is 2. The minimum absolute atomic E-state index is 0.0979. The van der Waals surface area contributed by atoms with E-state index in [1.165, 1.54) is 0 Å². The summed E-state index contributed by atoms with van der Waals surface area (Å²) in [6.07, 6.45) is -3.03. The highest BCUT2D eigenvalue weighted by molar-refractivity contribution is 9.10. The fraction of sp³-hybridized carbons (Fsp3) is 0.143. The van der Waals surface area contributed by atoms with Crippen molar-refractivity contribution < 1.29 is 18.7 Å². The van der Waals surface area contributed by atoms with Gasteiger partial charge in [-0.2, -0.15) is 0 Å². The van der Waals surface area contributed by atoms with Crippen molar-refractivity contribution >= 4 is 21.9 Å². The number of aromatic nitrogens is 1. The predicted octanol–water partition coefficient (Wildman–Crippen LogP) is 1.77. The lowest BCUT2D eigenvalue weighted by molar-refractivity contribution is 0.0682. The molecule has 0 amide bonds. The van der Waals surface area contributed by atoms with Crippen LogP contribution in [0.4, 0.5) is 8.78 Å². The van der Waals surface area contributed by atoms with E-state index in [9.17, 15) is 18.4 Å². The summed E-state index contributed by atoms with van der Waals surface area (Å²) in [7, 11) is 0. The molecule has 0 bridgehead atoms. The van der Waals surface area contributed by atoms with Crippen LogP contribution in [0.1, 0.15) is 22.5 Å². The second-order valence-electron chi connectivity index (χ2n) is 2.38. The Balaban J connectivity index is 3.47. The average Bonchev–Trinajstić information content (AvgIpc) is 2.08. The van der Waals surface area contributed by atoms with Crippen LogP contribution in [0.3, 0.4) is 0 Å². The molecule has 4 nitrogen and oxygen atoms in total. The number of carbonyl (C=O) groups is 1. The summed E-state index contributed by atoms with van der Waals surface area (Å²) in [6, 6.07) is 0.850. The van der Waals surface area contributed by atoms with Gasteiger partial charge in [0.05, 0.1) is 15.7 Å². The fourth-order valence-electron chi connectivity index (χ4n) is 0.868. The number of pyridine rings is 1. The van der Waals surface area contributed by atoms with Crippen LogP contribution < -0.4 is 5.56 Å². The molecule has 0 fully saturated rings. The van der Waals surface area contributed by atoms with Gasteiger partial charge in [-0.25, -0.2) is 13.6 Å². The lowest BCUT2D eigenvalue weighted by atomic mass is 10.2. The van der Waals surface area contributed by atoms with Crippen LogP contribution in [-0.2, 0) is 0 Å². The van der Waals surface area contributed by atoms with Gasteiger partial charge in [0.2, 0.25) is 0 Å². The Morgan fingerprint density at radius 1 is 1.57 bits per heavy atom. The molecule has 0 aliphatic carbocycles. The third-order valence-corrected chi connectivity index (χ3v) is 2.06. The number of hydrogen-bond acceptors (Lipinski definition) is 2. The SMILES string of the molecule is O=C(O)c1cc(Br)c(=O)[nH]c1C(F)F. The molecular weight excluding hydrogens is 264 g/mol. The van der Waals surface area contributed by atoms with Crippen LogP contribution in [0.2, 0.25) is 0 Å². The van der Waals surface area contributed by atoms with Gasteiger partial charge in [0.15, 0.2) is 0 Å². The predicted molar refractivity (Wildman–Crippen MR) is 46.7 cm³/mol. The summed E-state index contributed by atoms with van der Waals surface area (Å²) in [5, 5.41) is 8.55. The standard InChI is InChI=1S/C7H4BrF2NO3/c8-3-1-2(7(13)14)4(5(9)10)11-6(3)12/h1,5H,(H,11,12)(H,13,14). The van der Waals surface area contributed by atoms with E-state index in [4.69, 9.17) is 5.11 Å². The number of alkyl halides is 2. The summed E-state index contributed by atoms with van der Waals surface area (Å²) >= 11 is 2.75. The van der Waals surface area contributed by atoms with Crippen LogP contribution >= 0.6 is 15.9 Å². The van der Waals surface area contributed by atoms with Crippen molar-refractivity contribution in [2.24, 2.45) is 0 Å². The van der Waals surface area contributed by atoms with Crippen LogP contribution in [0.25, 0.3) is 0 Å². The first-order valence-corrected chi connectivity index (χ1v) is 4.17. The van der Waals surface area contributed by atoms with Crippen molar-refractivity contribution in [3.05, 3.63) is 32.2 Å². The Labute approximate surface area is 84.7 Å². The molecule has 7 heteroatoms. The first-order chi connectivity index (χ1) is 6.43. The largest absolute Gasteiger partial charge is 0.478 e. The van der Waals surface area contributed by atoms with Gasteiger partial charge >= 0.3 is 5.97 Å². The molecule has 1 aromatic heterocycles. The fourth-order valence-corrected chi connectivity index (χ4v) is 1.20. The second-order valence-corrected chi connectivity index (χ2v) is 3.23. The molecule has 0 aliphatic rings. The summed E-state index contributed by atoms with van der Waals surface area (Å²) in [6.45, 7) is 0. The number of carboxylic acids is 1. The van der Waals surface area contributed by atoms with E-state index in [2.05, 4.69) is 15.9 Å². The Morgan fingerprint density at radius 3 is 2.57 bits per heavy atom. The van der Waals surface area contributed by atoms with Crippen molar-refractivity contribution in [3.8, 4) is 0 Å². The Hall–Kier alpha value is -1.24. The zero-order chi connectivity index (χ0) is 10.9. The number of aromatic carboxylic acids is 1. The van der Waals surface area contributed by atoms with Crippen molar-refractivity contribution in [1.29, 1.82) is 0 Å². The third kappa shape index (κ3) is 1.98. The molecule has 14 heavy (non-hydrogen) atoms. The minimum atomic E-state index is -3.03. The zero-order valence-electron chi connectivity index (χ0n) is 6.55. The van der Waals surface area contributed by atoms with Gasteiger partial charge in [-0.1, -0.05) is 0 Å².